The maximum Gasteiger partial charge on any atom is 0.337 e. The zero-order valence-electron chi connectivity index (χ0n) is 9.25. The normalized spacial score (nSPS) is 18.2. The molecule has 1 aliphatic heterocycles. The molecule has 0 spiro atoms. The predicted octanol–water partition coefficient (Wildman–Crippen LogP) is -0.175. The van der Waals surface area contributed by atoms with E-state index >= 15 is 0 Å². The molecule has 2 N–H and O–H groups in total. The molecule has 7 heteroatoms. The van der Waals surface area contributed by atoms with E-state index in [2.05, 4.69) is 10.3 Å². The summed E-state index contributed by atoms with van der Waals surface area (Å²) in [5.74, 6) is -1.92. The Morgan fingerprint density at radius 2 is 2.22 bits per heavy atom. The maximum absolute atomic E-state index is 11.7. The first-order valence-corrected chi connectivity index (χ1v) is 5.22. The molecule has 0 unspecified atom stereocenters. The van der Waals surface area contributed by atoms with Crippen LogP contribution in [0.25, 0.3) is 0 Å². The third kappa shape index (κ3) is 2.62. The number of cyclic esters (lactones) is 1. The van der Waals surface area contributed by atoms with Crippen LogP contribution < -0.4 is 5.32 Å². The standard InChI is InChI=1S/C11H10N2O5/c14-9-3-7(5-18-9)13-10(15)8-2-1-6(4-12-8)11(16)17/h1-2,4,7H,3,5H2,(H,13,15)(H,16,17)/t7-/m0/s1. The van der Waals surface area contributed by atoms with Crippen molar-refractivity contribution in [3.8, 4) is 0 Å². The van der Waals surface area contributed by atoms with Crippen molar-refractivity contribution in [2.75, 3.05) is 6.61 Å². The number of carboxylic acid groups (broad SMARTS) is 1. The van der Waals surface area contributed by atoms with Gasteiger partial charge >= 0.3 is 11.9 Å². The van der Waals surface area contributed by atoms with Gasteiger partial charge in [0.1, 0.15) is 12.3 Å². The van der Waals surface area contributed by atoms with Gasteiger partial charge in [0, 0.05) is 6.20 Å². The third-order valence-corrected chi connectivity index (χ3v) is 2.44. The van der Waals surface area contributed by atoms with Crippen molar-refractivity contribution in [3.63, 3.8) is 0 Å². The van der Waals surface area contributed by atoms with Crippen LogP contribution in [-0.4, -0.2) is 40.6 Å². The minimum Gasteiger partial charge on any atom is -0.478 e. The Morgan fingerprint density at radius 1 is 1.44 bits per heavy atom. The molecule has 1 saturated heterocycles. The monoisotopic (exact) mass is 250 g/mol. The fourth-order valence-electron chi connectivity index (χ4n) is 1.52. The van der Waals surface area contributed by atoms with Crippen molar-refractivity contribution >= 4 is 17.8 Å². The van der Waals surface area contributed by atoms with Crippen molar-refractivity contribution < 1.29 is 24.2 Å². The second kappa shape index (κ2) is 4.82. The molecule has 1 fully saturated rings. The van der Waals surface area contributed by atoms with Gasteiger partial charge in [-0.05, 0) is 12.1 Å². The molecule has 0 bridgehead atoms. The van der Waals surface area contributed by atoms with E-state index in [-0.39, 0.29) is 36.3 Å². The van der Waals surface area contributed by atoms with Gasteiger partial charge in [-0.15, -0.1) is 0 Å². The molecule has 1 amide bonds. The lowest BCUT2D eigenvalue weighted by molar-refractivity contribution is -0.137. The van der Waals surface area contributed by atoms with Crippen molar-refractivity contribution in [3.05, 3.63) is 29.6 Å². The molecule has 1 aromatic rings. The van der Waals surface area contributed by atoms with Crippen molar-refractivity contribution in [1.82, 2.24) is 10.3 Å². The van der Waals surface area contributed by atoms with Crippen molar-refractivity contribution in [2.24, 2.45) is 0 Å². The minimum atomic E-state index is -1.11. The zero-order valence-corrected chi connectivity index (χ0v) is 9.25. The first kappa shape index (κ1) is 12.0. The molecule has 0 aromatic carbocycles. The number of carbonyl (C=O) groups is 3. The highest BCUT2D eigenvalue weighted by molar-refractivity contribution is 5.94. The number of esters is 1. The molecule has 2 heterocycles. The van der Waals surface area contributed by atoms with Crippen LogP contribution in [0.1, 0.15) is 27.3 Å². The average molecular weight is 250 g/mol. The van der Waals surface area contributed by atoms with Crippen LogP contribution in [0.5, 0.6) is 0 Å². The lowest BCUT2D eigenvalue weighted by atomic mass is 10.2. The van der Waals surface area contributed by atoms with Crippen molar-refractivity contribution in [1.29, 1.82) is 0 Å². The topological polar surface area (TPSA) is 106 Å². The Morgan fingerprint density at radius 3 is 2.72 bits per heavy atom. The van der Waals surface area contributed by atoms with E-state index in [4.69, 9.17) is 9.84 Å². The molecular formula is C11H10N2O5. The summed E-state index contributed by atoms with van der Waals surface area (Å²) in [5.41, 5.74) is 0.102. The van der Waals surface area contributed by atoms with E-state index in [1.165, 1.54) is 12.1 Å². The first-order valence-electron chi connectivity index (χ1n) is 5.22. The quantitative estimate of drug-likeness (QED) is 0.721. The Labute approximate surface area is 102 Å². The Kier molecular flexibility index (Phi) is 3.22. The molecule has 1 aliphatic rings. The number of amides is 1. The molecule has 94 valence electrons. The fraction of sp³-hybridized carbons (Fsp3) is 0.273. The van der Waals surface area contributed by atoms with Gasteiger partial charge in [0.15, 0.2) is 0 Å². The van der Waals surface area contributed by atoms with Gasteiger partial charge in [-0.25, -0.2) is 4.79 Å². The fourth-order valence-corrected chi connectivity index (χ4v) is 1.52. The summed E-state index contributed by atoms with van der Waals surface area (Å²) in [5, 5.41) is 11.3. The van der Waals surface area contributed by atoms with Crippen LogP contribution >= 0.6 is 0 Å². The number of aromatic nitrogens is 1. The smallest absolute Gasteiger partial charge is 0.337 e. The highest BCUT2D eigenvalue weighted by Gasteiger charge is 2.25. The zero-order chi connectivity index (χ0) is 13.1. The van der Waals surface area contributed by atoms with Gasteiger partial charge < -0.3 is 15.2 Å². The van der Waals surface area contributed by atoms with E-state index in [9.17, 15) is 14.4 Å². The number of pyridine rings is 1. The number of ether oxygens (including phenoxy) is 1. The van der Waals surface area contributed by atoms with Crippen LogP contribution in [0.3, 0.4) is 0 Å². The molecule has 1 aromatic heterocycles. The average Bonchev–Trinajstić information content (AvgIpc) is 2.75. The Bertz CT molecular complexity index is 497. The summed E-state index contributed by atoms with van der Waals surface area (Å²) in [4.78, 5) is 36.9. The number of nitrogens with one attached hydrogen (secondary N) is 1. The van der Waals surface area contributed by atoms with Gasteiger partial charge in [0.2, 0.25) is 0 Å². The number of nitrogens with zero attached hydrogens (tertiary/aromatic N) is 1. The van der Waals surface area contributed by atoms with Crippen LogP contribution in [-0.2, 0) is 9.53 Å². The van der Waals surface area contributed by atoms with Gasteiger partial charge in [-0.2, -0.15) is 0 Å². The number of hydrogen-bond acceptors (Lipinski definition) is 5. The summed E-state index contributed by atoms with van der Waals surface area (Å²) in [6.45, 7) is 0.151. The third-order valence-electron chi connectivity index (χ3n) is 2.44. The first-order chi connectivity index (χ1) is 8.56. The molecule has 2 rings (SSSR count). The summed E-state index contributed by atoms with van der Waals surface area (Å²) < 4.78 is 4.70. The van der Waals surface area contributed by atoms with Gasteiger partial charge in [0.25, 0.3) is 5.91 Å². The number of aromatic carboxylic acids is 1. The highest BCUT2D eigenvalue weighted by Crippen LogP contribution is 2.07. The van der Waals surface area contributed by atoms with Gasteiger partial charge in [-0.3, -0.25) is 14.6 Å². The Hall–Kier alpha value is -2.44. The second-order valence-corrected chi connectivity index (χ2v) is 3.79. The van der Waals surface area contributed by atoms with E-state index in [0.29, 0.717) is 0 Å². The molecular weight excluding hydrogens is 240 g/mol. The predicted molar refractivity (Wildman–Crippen MR) is 58.0 cm³/mol. The van der Waals surface area contributed by atoms with Crippen LogP contribution in [0.15, 0.2) is 18.3 Å². The second-order valence-electron chi connectivity index (χ2n) is 3.79. The lowest BCUT2D eigenvalue weighted by Gasteiger charge is -2.08. The van der Waals surface area contributed by atoms with Gasteiger partial charge in [-0.1, -0.05) is 0 Å². The number of carboxylic acids is 1. The highest BCUT2D eigenvalue weighted by atomic mass is 16.5. The summed E-state index contributed by atoms with van der Waals surface area (Å²) in [6.07, 6.45) is 1.24. The minimum absolute atomic E-state index is 0.00549. The SMILES string of the molecule is O=C1C[C@H](NC(=O)c2ccc(C(=O)O)cn2)CO1. The van der Waals surface area contributed by atoms with E-state index in [0.717, 1.165) is 6.20 Å². The summed E-state index contributed by atoms with van der Waals surface area (Å²) in [6, 6.07) is 2.25. The lowest BCUT2D eigenvalue weighted by Crippen LogP contribution is -2.35. The Balaban J connectivity index is 2.00. The van der Waals surface area contributed by atoms with Crippen LogP contribution in [0, 0.1) is 0 Å². The number of hydrogen-bond donors (Lipinski definition) is 2. The summed E-state index contributed by atoms with van der Waals surface area (Å²) >= 11 is 0. The molecule has 0 radical (unpaired) electrons. The maximum atomic E-state index is 11.7. The molecule has 1 atom stereocenters. The van der Waals surface area contributed by atoms with E-state index < -0.39 is 11.9 Å². The molecule has 0 aliphatic carbocycles. The van der Waals surface area contributed by atoms with Crippen LogP contribution in [0.2, 0.25) is 0 Å². The number of carbonyl (C=O) groups excluding carboxylic acids is 2. The number of rotatable bonds is 3. The van der Waals surface area contributed by atoms with E-state index in [1.807, 2.05) is 0 Å². The van der Waals surface area contributed by atoms with Crippen molar-refractivity contribution in [2.45, 2.75) is 12.5 Å². The van der Waals surface area contributed by atoms with E-state index in [1.54, 1.807) is 0 Å². The summed E-state index contributed by atoms with van der Waals surface area (Å²) in [7, 11) is 0. The van der Waals surface area contributed by atoms with Gasteiger partial charge in [0.05, 0.1) is 18.0 Å². The van der Waals surface area contributed by atoms with Crippen LogP contribution in [0.4, 0.5) is 0 Å². The molecule has 0 saturated carbocycles. The molecule has 18 heavy (non-hydrogen) atoms. The molecule has 7 nitrogen and oxygen atoms in total. The largest absolute Gasteiger partial charge is 0.478 e.